The molecule has 0 aromatic heterocycles. The number of sulfonamides is 1. The second-order valence-corrected chi connectivity index (χ2v) is 7.31. The van der Waals surface area contributed by atoms with Crippen LogP contribution in [0.5, 0.6) is 0 Å². The lowest BCUT2D eigenvalue weighted by molar-refractivity contribution is -0.116. The van der Waals surface area contributed by atoms with E-state index in [-0.39, 0.29) is 10.8 Å². The molecule has 128 valence electrons. The largest absolute Gasteiger partial charge is 0.374 e. The highest BCUT2D eigenvalue weighted by Crippen LogP contribution is 2.18. The van der Waals surface area contributed by atoms with Gasteiger partial charge in [-0.05, 0) is 56.2 Å². The van der Waals surface area contributed by atoms with Crippen LogP contribution in [0.2, 0.25) is 0 Å². The molecule has 0 aliphatic carbocycles. The van der Waals surface area contributed by atoms with Gasteiger partial charge in [-0.25, -0.2) is 13.6 Å². The van der Waals surface area contributed by atoms with Gasteiger partial charge in [-0.1, -0.05) is 18.2 Å². The van der Waals surface area contributed by atoms with Gasteiger partial charge in [-0.15, -0.1) is 0 Å². The second-order valence-electron chi connectivity index (χ2n) is 5.75. The summed E-state index contributed by atoms with van der Waals surface area (Å²) in [6.45, 7) is 5.68. The fraction of sp³-hybridized carbons (Fsp3) is 0.235. The minimum Gasteiger partial charge on any atom is -0.374 e. The number of benzene rings is 2. The molecule has 0 bridgehead atoms. The van der Waals surface area contributed by atoms with Gasteiger partial charge < -0.3 is 10.6 Å². The maximum Gasteiger partial charge on any atom is 0.246 e. The monoisotopic (exact) mass is 347 g/mol. The average molecular weight is 347 g/mol. The van der Waals surface area contributed by atoms with Crippen LogP contribution in [-0.2, 0) is 14.8 Å². The standard InChI is InChI=1S/C17H21N3O3S/c1-11-7-8-12(2)16(9-11)19-13(3)17(21)20-14-5-4-6-15(10-14)24(18,22)23/h4-10,13,19H,1-3H3,(H,20,21)(H2,18,22,23)/t13-/m0/s1. The van der Waals surface area contributed by atoms with Gasteiger partial charge in [0, 0.05) is 11.4 Å². The Kier molecular flexibility index (Phi) is 5.26. The summed E-state index contributed by atoms with van der Waals surface area (Å²) >= 11 is 0. The second kappa shape index (κ2) is 7.02. The molecule has 1 amide bonds. The van der Waals surface area contributed by atoms with E-state index >= 15 is 0 Å². The van der Waals surface area contributed by atoms with E-state index in [0.29, 0.717) is 5.69 Å². The predicted octanol–water partition coefficient (Wildman–Crippen LogP) is 2.39. The Morgan fingerprint density at radius 1 is 1.12 bits per heavy atom. The van der Waals surface area contributed by atoms with Crippen molar-refractivity contribution in [2.75, 3.05) is 10.6 Å². The molecule has 6 nitrogen and oxygen atoms in total. The molecular weight excluding hydrogens is 326 g/mol. The van der Waals surface area contributed by atoms with E-state index < -0.39 is 16.1 Å². The lowest BCUT2D eigenvalue weighted by Crippen LogP contribution is -2.32. The van der Waals surface area contributed by atoms with E-state index in [1.54, 1.807) is 13.0 Å². The molecular formula is C17H21N3O3S. The first kappa shape index (κ1) is 18.0. The Hall–Kier alpha value is -2.38. The zero-order chi connectivity index (χ0) is 17.9. The number of hydrogen-bond donors (Lipinski definition) is 3. The molecule has 2 aromatic rings. The van der Waals surface area contributed by atoms with Crippen LogP contribution in [0.15, 0.2) is 47.4 Å². The van der Waals surface area contributed by atoms with E-state index in [9.17, 15) is 13.2 Å². The van der Waals surface area contributed by atoms with Gasteiger partial charge in [0.05, 0.1) is 4.90 Å². The maximum atomic E-state index is 12.3. The molecule has 2 aromatic carbocycles. The maximum absolute atomic E-state index is 12.3. The van der Waals surface area contributed by atoms with E-state index in [2.05, 4.69) is 10.6 Å². The van der Waals surface area contributed by atoms with Gasteiger partial charge in [-0.3, -0.25) is 4.79 Å². The van der Waals surface area contributed by atoms with E-state index in [0.717, 1.165) is 16.8 Å². The highest BCUT2D eigenvalue weighted by atomic mass is 32.2. The number of carbonyl (C=O) groups excluding carboxylic acids is 1. The van der Waals surface area contributed by atoms with Crippen LogP contribution >= 0.6 is 0 Å². The van der Waals surface area contributed by atoms with Crippen molar-refractivity contribution < 1.29 is 13.2 Å². The normalized spacial score (nSPS) is 12.5. The summed E-state index contributed by atoms with van der Waals surface area (Å²) in [5, 5.41) is 10.9. The topological polar surface area (TPSA) is 101 Å². The molecule has 2 rings (SSSR count). The van der Waals surface area contributed by atoms with Gasteiger partial charge in [0.2, 0.25) is 15.9 Å². The number of carbonyl (C=O) groups is 1. The zero-order valence-electron chi connectivity index (χ0n) is 13.8. The Labute approximate surface area is 142 Å². The number of amides is 1. The van der Waals surface area contributed by atoms with Crippen molar-refractivity contribution in [1.82, 2.24) is 0 Å². The summed E-state index contributed by atoms with van der Waals surface area (Å²) in [6, 6.07) is 11.3. The molecule has 0 heterocycles. The van der Waals surface area contributed by atoms with E-state index in [1.807, 2.05) is 32.0 Å². The van der Waals surface area contributed by atoms with Crippen LogP contribution in [0.25, 0.3) is 0 Å². The highest BCUT2D eigenvalue weighted by molar-refractivity contribution is 7.89. The molecule has 0 aliphatic heterocycles. The number of anilines is 2. The first-order valence-electron chi connectivity index (χ1n) is 7.44. The van der Waals surface area contributed by atoms with Crippen molar-refractivity contribution in [3.05, 3.63) is 53.6 Å². The smallest absolute Gasteiger partial charge is 0.246 e. The van der Waals surface area contributed by atoms with Gasteiger partial charge in [-0.2, -0.15) is 0 Å². The molecule has 0 radical (unpaired) electrons. The van der Waals surface area contributed by atoms with Crippen LogP contribution in [0.3, 0.4) is 0 Å². The minimum atomic E-state index is -3.81. The Bertz CT molecular complexity index is 863. The molecule has 0 saturated carbocycles. The van der Waals surface area contributed by atoms with Crippen molar-refractivity contribution in [2.24, 2.45) is 5.14 Å². The Balaban J connectivity index is 2.11. The molecule has 24 heavy (non-hydrogen) atoms. The summed E-state index contributed by atoms with van der Waals surface area (Å²) in [5.41, 5.74) is 3.39. The number of nitrogens with two attached hydrogens (primary N) is 1. The summed E-state index contributed by atoms with van der Waals surface area (Å²) in [6.07, 6.45) is 0. The molecule has 7 heteroatoms. The van der Waals surface area contributed by atoms with Crippen molar-refractivity contribution in [3.8, 4) is 0 Å². The number of hydrogen-bond acceptors (Lipinski definition) is 4. The van der Waals surface area contributed by atoms with Crippen LogP contribution in [-0.4, -0.2) is 20.4 Å². The molecule has 0 aliphatic rings. The van der Waals surface area contributed by atoms with Crippen LogP contribution in [0.1, 0.15) is 18.1 Å². The fourth-order valence-corrected chi connectivity index (χ4v) is 2.75. The third-order valence-electron chi connectivity index (χ3n) is 3.59. The number of aryl methyl sites for hydroxylation is 2. The third kappa shape index (κ3) is 4.56. The van der Waals surface area contributed by atoms with E-state index in [4.69, 9.17) is 5.14 Å². The SMILES string of the molecule is Cc1ccc(C)c(N[C@@H](C)C(=O)Nc2cccc(S(N)(=O)=O)c2)c1. The van der Waals surface area contributed by atoms with Gasteiger partial charge in [0.1, 0.15) is 6.04 Å². The minimum absolute atomic E-state index is 0.0459. The lowest BCUT2D eigenvalue weighted by Gasteiger charge is -2.17. The molecule has 0 saturated heterocycles. The quantitative estimate of drug-likeness (QED) is 0.773. The van der Waals surface area contributed by atoms with Crippen LogP contribution in [0, 0.1) is 13.8 Å². The van der Waals surface area contributed by atoms with Gasteiger partial charge >= 0.3 is 0 Å². The molecule has 0 fully saturated rings. The Morgan fingerprint density at radius 2 is 1.83 bits per heavy atom. The van der Waals surface area contributed by atoms with Gasteiger partial charge in [0.25, 0.3) is 0 Å². The third-order valence-corrected chi connectivity index (χ3v) is 4.50. The summed E-state index contributed by atoms with van der Waals surface area (Å²) in [5.74, 6) is -0.275. The molecule has 0 unspecified atom stereocenters. The first-order valence-corrected chi connectivity index (χ1v) is 8.99. The zero-order valence-corrected chi connectivity index (χ0v) is 14.6. The van der Waals surface area contributed by atoms with E-state index in [1.165, 1.54) is 18.2 Å². The van der Waals surface area contributed by atoms with Crippen LogP contribution in [0.4, 0.5) is 11.4 Å². The van der Waals surface area contributed by atoms with Crippen molar-refractivity contribution in [3.63, 3.8) is 0 Å². The number of rotatable bonds is 5. The number of nitrogens with one attached hydrogen (secondary N) is 2. The van der Waals surface area contributed by atoms with Crippen LogP contribution < -0.4 is 15.8 Å². The molecule has 4 N–H and O–H groups in total. The molecule has 0 spiro atoms. The first-order chi connectivity index (χ1) is 11.2. The lowest BCUT2D eigenvalue weighted by atomic mass is 10.1. The highest BCUT2D eigenvalue weighted by Gasteiger charge is 2.15. The van der Waals surface area contributed by atoms with Crippen molar-refractivity contribution >= 4 is 27.3 Å². The van der Waals surface area contributed by atoms with Gasteiger partial charge in [0.15, 0.2) is 0 Å². The molecule has 1 atom stereocenters. The summed E-state index contributed by atoms with van der Waals surface area (Å²) in [4.78, 5) is 12.3. The average Bonchev–Trinajstić information content (AvgIpc) is 2.50. The summed E-state index contributed by atoms with van der Waals surface area (Å²) in [7, 11) is -3.81. The Morgan fingerprint density at radius 3 is 2.50 bits per heavy atom. The predicted molar refractivity (Wildman–Crippen MR) is 95.4 cm³/mol. The fourth-order valence-electron chi connectivity index (χ4n) is 2.19. The van der Waals surface area contributed by atoms with Crippen molar-refractivity contribution in [2.45, 2.75) is 31.7 Å². The number of primary sulfonamides is 1. The summed E-state index contributed by atoms with van der Waals surface area (Å²) < 4.78 is 22.7. The van der Waals surface area contributed by atoms with Crippen molar-refractivity contribution in [1.29, 1.82) is 0 Å².